The first-order valence-corrected chi connectivity index (χ1v) is 9.27. The van der Waals surface area contributed by atoms with Crippen LogP contribution < -0.4 is 9.47 Å². The Morgan fingerprint density at radius 1 is 1.30 bits per heavy atom. The fourth-order valence-corrected chi connectivity index (χ4v) is 3.76. The van der Waals surface area contributed by atoms with Crippen LogP contribution in [0, 0.1) is 19.8 Å². The van der Waals surface area contributed by atoms with E-state index in [2.05, 4.69) is 5.10 Å². The summed E-state index contributed by atoms with van der Waals surface area (Å²) < 4.78 is 18.4. The molecule has 0 N–H and O–H groups in total. The standard InChI is InChI=1S/C20H25N3O4/c1-13-17(14(2)22(3)21-13)10-23(20(24)16-7-8-25-11-16)9-15-5-4-6-18-19(15)27-12-26-18/h4-6,16H,7-12H2,1-3H3. The van der Waals surface area contributed by atoms with Crippen LogP contribution in [0.1, 0.15) is 28.9 Å². The van der Waals surface area contributed by atoms with Crippen molar-refractivity contribution in [3.8, 4) is 11.5 Å². The third-order valence-electron chi connectivity index (χ3n) is 5.44. The molecule has 0 radical (unpaired) electrons. The molecule has 2 aromatic rings. The van der Waals surface area contributed by atoms with Gasteiger partial charge in [0.2, 0.25) is 12.7 Å². The van der Waals surface area contributed by atoms with Gasteiger partial charge < -0.3 is 19.1 Å². The van der Waals surface area contributed by atoms with E-state index in [1.807, 2.05) is 48.7 Å². The van der Waals surface area contributed by atoms with E-state index in [4.69, 9.17) is 14.2 Å². The number of hydrogen-bond donors (Lipinski definition) is 0. The predicted octanol–water partition coefficient (Wildman–Crippen LogP) is 2.33. The quantitative estimate of drug-likeness (QED) is 0.807. The molecule has 2 aliphatic heterocycles. The molecule has 3 heterocycles. The van der Waals surface area contributed by atoms with Gasteiger partial charge >= 0.3 is 0 Å². The Kier molecular flexibility index (Phi) is 4.78. The summed E-state index contributed by atoms with van der Waals surface area (Å²) in [6.45, 7) is 6.37. The highest BCUT2D eigenvalue weighted by atomic mass is 16.7. The zero-order valence-electron chi connectivity index (χ0n) is 16.0. The van der Waals surface area contributed by atoms with Gasteiger partial charge in [-0.1, -0.05) is 12.1 Å². The van der Waals surface area contributed by atoms with E-state index < -0.39 is 0 Å². The van der Waals surface area contributed by atoms with Crippen molar-refractivity contribution >= 4 is 5.91 Å². The Morgan fingerprint density at radius 2 is 2.15 bits per heavy atom. The lowest BCUT2D eigenvalue weighted by molar-refractivity contribution is -0.136. The molecule has 0 saturated carbocycles. The zero-order chi connectivity index (χ0) is 19.0. The molecule has 0 spiro atoms. The summed E-state index contributed by atoms with van der Waals surface area (Å²) in [5.74, 6) is 1.50. The van der Waals surface area contributed by atoms with Crippen LogP contribution in [-0.4, -0.2) is 40.6 Å². The zero-order valence-corrected chi connectivity index (χ0v) is 16.0. The summed E-state index contributed by atoms with van der Waals surface area (Å²) >= 11 is 0. The molecular formula is C20H25N3O4. The molecule has 27 heavy (non-hydrogen) atoms. The number of rotatable bonds is 5. The molecule has 2 aliphatic rings. The van der Waals surface area contributed by atoms with Gasteiger partial charge in [0.15, 0.2) is 11.5 Å². The molecule has 144 valence electrons. The van der Waals surface area contributed by atoms with E-state index in [9.17, 15) is 4.79 Å². The highest BCUT2D eigenvalue weighted by Crippen LogP contribution is 2.36. The Labute approximate surface area is 158 Å². The Bertz CT molecular complexity index is 855. The van der Waals surface area contributed by atoms with Crippen molar-refractivity contribution in [3.63, 3.8) is 0 Å². The van der Waals surface area contributed by atoms with Gasteiger partial charge in [0.1, 0.15) is 0 Å². The maximum atomic E-state index is 13.2. The lowest BCUT2D eigenvalue weighted by Crippen LogP contribution is -2.36. The molecule has 0 bridgehead atoms. The maximum Gasteiger partial charge on any atom is 0.231 e. The number of ether oxygens (including phenoxy) is 3. The number of carbonyl (C=O) groups excluding carboxylic acids is 1. The van der Waals surface area contributed by atoms with Crippen LogP contribution in [0.25, 0.3) is 0 Å². The molecule has 1 saturated heterocycles. The van der Waals surface area contributed by atoms with Gasteiger partial charge in [0, 0.05) is 43.6 Å². The number of amides is 1. The van der Waals surface area contributed by atoms with Crippen LogP contribution in [0.4, 0.5) is 0 Å². The number of carbonyl (C=O) groups is 1. The van der Waals surface area contributed by atoms with Crippen LogP contribution in [0.15, 0.2) is 18.2 Å². The Hall–Kier alpha value is -2.54. The SMILES string of the molecule is Cc1nn(C)c(C)c1CN(Cc1cccc2c1OCO2)C(=O)C1CCOC1. The summed E-state index contributed by atoms with van der Waals surface area (Å²) in [6.07, 6.45) is 0.771. The number of benzene rings is 1. The second kappa shape index (κ2) is 7.23. The van der Waals surface area contributed by atoms with E-state index >= 15 is 0 Å². The van der Waals surface area contributed by atoms with Crippen LogP contribution in [0.5, 0.6) is 11.5 Å². The lowest BCUT2D eigenvalue weighted by atomic mass is 10.0. The largest absolute Gasteiger partial charge is 0.454 e. The normalized spacial score (nSPS) is 18.1. The monoisotopic (exact) mass is 371 g/mol. The van der Waals surface area contributed by atoms with Gasteiger partial charge in [-0.25, -0.2) is 0 Å². The maximum absolute atomic E-state index is 13.2. The van der Waals surface area contributed by atoms with E-state index in [0.717, 1.165) is 40.4 Å². The molecule has 0 aliphatic carbocycles. The van der Waals surface area contributed by atoms with Crippen molar-refractivity contribution in [2.75, 3.05) is 20.0 Å². The molecule has 1 atom stereocenters. The molecule has 1 aromatic carbocycles. The van der Waals surface area contributed by atoms with Gasteiger partial charge in [0.25, 0.3) is 0 Å². The number of nitrogens with zero attached hydrogens (tertiary/aromatic N) is 3. The summed E-state index contributed by atoms with van der Waals surface area (Å²) in [5, 5.41) is 4.49. The minimum absolute atomic E-state index is 0.0868. The minimum atomic E-state index is -0.0868. The number of aromatic nitrogens is 2. The smallest absolute Gasteiger partial charge is 0.231 e. The first-order chi connectivity index (χ1) is 13.0. The second-order valence-corrected chi connectivity index (χ2v) is 7.18. The molecule has 1 fully saturated rings. The fourth-order valence-electron chi connectivity index (χ4n) is 3.76. The topological polar surface area (TPSA) is 65.8 Å². The van der Waals surface area contributed by atoms with Gasteiger partial charge in [0.05, 0.1) is 18.2 Å². The van der Waals surface area contributed by atoms with Gasteiger partial charge in [-0.15, -0.1) is 0 Å². The molecule has 1 amide bonds. The van der Waals surface area contributed by atoms with E-state index in [0.29, 0.717) is 26.3 Å². The van der Waals surface area contributed by atoms with Crippen molar-refractivity contribution in [1.29, 1.82) is 0 Å². The third-order valence-corrected chi connectivity index (χ3v) is 5.44. The predicted molar refractivity (Wildman–Crippen MR) is 98.4 cm³/mol. The first kappa shape index (κ1) is 17.9. The average Bonchev–Trinajstić information content (AvgIpc) is 3.39. The summed E-state index contributed by atoms with van der Waals surface area (Å²) in [5.41, 5.74) is 4.07. The first-order valence-electron chi connectivity index (χ1n) is 9.27. The van der Waals surface area contributed by atoms with Gasteiger partial charge in [-0.05, 0) is 26.3 Å². The van der Waals surface area contributed by atoms with Crippen molar-refractivity contribution in [1.82, 2.24) is 14.7 Å². The Balaban J connectivity index is 1.64. The number of para-hydroxylation sites is 1. The van der Waals surface area contributed by atoms with Gasteiger partial charge in [-0.3, -0.25) is 9.48 Å². The van der Waals surface area contributed by atoms with E-state index in [1.54, 1.807) is 0 Å². The highest BCUT2D eigenvalue weighted by Gasteiger charge is 2.30. The van der Waals surface area contributed by atoms with Crippen LogP contribution in [0.2, 0.25) is 0 Å². The van der Waals surface area contributed by atoms with Gasteiger partial charge in [-0.2, -0.15) is 5.10 Å². The molecule has 4 rings (SSSR count). The highest BCUT2D eigenvalue weighted by molar-refractivity contribution is 5.79. The summed E-state index contributed by atoms with van der Waals surface area (Å²) in [6, 6.07) is 5.81. The average molecular weight is 371 g/mol. The number of hydrogen-bond acceptors (Lipinski definition) is 5. The molecule has 1 aromatic heterocycles. The van der Waals surface area contributed by atoms with Crippen LogP contribution in [0.3, 0.4) is 0 Å². The van der Waals surface area contributed by atoms with E-state index in [1.165, 1.54) is 0 Å². The van der Waals surface area contributed by atoms with Crippen molar-refractivity contribution in [3.05, 3.63) is 40.7 Å². The molecule has 7 heteroatoms. The minimum Gasteiger partial charge on any atom is -0.454 e. The van der Waals surface area contributed by atoms with Crippen molar-refractivity contribution in [2.24, 2.45) is 13.0 Å². The lowest BCUT2D eigenvalue weighted by Gasteiger charge is -2.26. The summed E-state index contributed by atoms with van der Waals surface area (Å²) in [7, 11) is 1.93. The van der Waals surface area contributed by atoms with Crippen LogP contribution in [-0.2, 0) is 29.7 Å². The number of fused-ring (bicyclic) bond motifs is 1. The fraction of sp³-hybridized carbons (Fsp3) is 0.500. The third kappa shape index (κ3) is 3.39. The van der Waals surface area contributed by atoms with Crippen molar-refractivity contribution < 1.29 is 19.0 Å². The molecular weight excluding hydrogens is 346 g/mol. The number of aryl methyl sites for hydroxylation is 2. The molecule has 1 unspecified atom stereocenters. The van der Waals surface area contributed by atoms with Crippen LogP contribution >= 0.6 is 0 Å². The second-order valence-electron chi connectivity index (χ2n) is 7.18. The Morgan fingerprint density at radius 3 is 2.85 bits per heavy atom. The van der Waals surface area contributed by atoms with E-state index in [-0.39, 0.29) is 18.6 Å². The summed E-state index contributed by atoms with van der Waals surface area (Å²) in [4.78, 5) is 15.1. The molecule has 7 nitrogen and oxygen atoms in total. The van der Waals surface area contributed by atoms with Crippen molar-refractivity contribution in [2.45, 2.75) is 33.4 Å².